The molecule has 7 heteroatoms. The summed E-state index contributed by atoms with van der Waals surface area (Å²) in [4.78, 5) is 33.1. The van der Waals surface area contributed by atoms with Crippen LogP contribution in [-0.2, 0) is 9.59 Å². The number of ether oxygens (including phenoxy) is 1. The zero-order chi connectivity index (χ0) is 25.7. The van der Waals surface area contributed by atoms with Gasteiger partial charge in [-0.25, -0.2) is 4.98 Å². The number of hydrogen-bond acceptors (Lipinski definition) is 6. The Morgan fingerprint density at radius 2 is 1.67 bits per heavy atom. The van der Waals surface area contributed by atoms with Crippen molar-refractivity contribution in [3.05, 3.63) is 93.6 Å². The third kappa shape index (κ3) is 3.85. The molecule has 36 heavy (non-hydrogen) atoms. The van der Waals surface area contributed by atoms with Crippen LogP contribution >= 0.6 is 11.3 Å². The quantitative estimate of drug-likeness (QED) is 0.207. The van der Waals surface area contributed by atoms with Crippen LogP contribution in [-0.4, -0.2) is 28.9 Å². The third-order valence-corrected chi connectivity index (χ3v) is 7.53. The number of anilines is 1. The molecule has 1 amide bonds. The first-order valence-corrected chi connectivity index (χ1v) is 12.4. The first kappa shape index (κ1) is 23.8. The molecule has 0 bridgehead atoms. The largest absolute Gasteiger partial charge is 0.507 e. The van der Waals surface area contributed by atoms with Crippen molar-refractivity contribution >= 4 is 44.1 Å². The molecule has 182 valence electrons. The summed E-state index contributed by atoms with van der Waals surface area (Å²) in [5.41, 5.74) is 5.97. The van der Waals surface area contributed by atoms with Gasteiger partial charge in [-0.3, -0.25) is 14.5 Å². The predicted molar refractivity (Wildman–Crippen MR) is 143 cm³/mol. The molecule has 1 fully saturated rings. The average Bonchev–Trinajstić information content (AvgIpc) is 3.38. The van der Waals surface area contributed by atoms with Crippen molar-refractivity contribution in [1.82, 2.24) is 4.98 Å². The number of carbonyl (C=O) groups is 2. The third-order valence-electron chi connectivity index (χ3n) is 6.53. The number of hydrogen-bond donors (Lipinski definition) is 1. The Hall–Kier alpha value is -3.97. The lowest BCUT2D eigenvalue weighted by Gasteiger charge is -2.23. The standard InChI is InChI=1S/C29H26N2O4S/c1-15-6-8-19(9-7-15)25-23(26(32)20-10-11-21(35-5)17(3)14-20)27(33)28(34)31(25)29-30-24-18(4)12-16(2)13-22(24)36-29/h6-14,25,32H,1-5H3/b26-23+. The summed E-state index contributed by atoms with van der Waals surface area (Å²) in [5.74, 6) is -0.998. The van der Waals surface area contributed by atoms with Gasteiger partial charge in [0.1, 0.15) is 11.5 Å². The van der Waals surface area contributed by atoms with Gasteiger partial charge >= 0.3 is 5.91 Å². The number of benzene rings is 3. The Bertz CT molecular complexity index is 1570. The zero-order valence-corrected chi connectivity index (χ0v) is 21.6. The molecule has 0 radical (unpaired) electrons. The molecule has 1 unspecified atom stereocenters. The monoisotopic (exact) mass is 498 g/mol. The molecule has 4 aromatic rings. The first-order valence-electron chi connectivity index (χ1n) is 11.6. The molecular weight excluding hydrogens is 472 g/mol. The lowest BCUT2D eigenvalue weighted by molar-refractivity contribution is -0.132. The minimum atomic E-state index is -0.810. The Balaban J connectivity index is 1.73. The van der Waals surface area contributed by atoms with E-state index in [-0.39, 0.29) is 11.3 Å². The van der Waals surface area contributed by atoms with Crippen molar-refractivity contribution in [2.24, 2.45) is 0 Å². The van der Waals surface area contributed by atoms with E-state index in [9.17, 15) is 14.7 Å². The highest BCUT2D eigenvalue weighted by Gasteiger charge is 2.48. The van der Waals surface area contributed by atoms with Crippen LogP contribution in [0.15, 0.2) is 60.2 Å². The van der Waals surface area contributed by atoms with E-state index in [1.807, 2.05) is 64.1 Å². The van der Waals surface area contributed by atoms with Crippen molar-refractivity contribution in [2.75, 3.05) is 12.0 Å². The van der Waals surface area contributed by atoms with Gasteiger partial charge in [-0.15, -0.1) is 0 Å². The fourth-order valence-corrected chi connectivity index (χ4v) is 5.91. The topological polar surface area (TPSA) is 79.7 Å². The van der Waals surface area contributed by atoms with E-state index < -0.39 is 17.7 Å². The molecule has 1 aliphatic rings. The number of rotatable bonds is 4. The Labute approximate surface area is 213 Å². The second-order valence-corrected chi connectivity index (χ2v) is 10.2. The van der Waals surface area contributed by atoms with Gasteiger partial charge < -0.3 is 9.84 Å². The summed E-state index contributed by atoms with van der Waals surface area (Å²) in [7, 11) is 1.58. The lowest BCUT2D eigenvalue weighted by Crippen LogP contribution is -2.29. The molecule has 1 aliphatic heterocycles. The van der Waals surface area contributed by atoms with E-state index in [0.29, 0.717) is 16.4 Å². The number of aromatic nitrogens is 1. The maximum absolute atomic E-state index is 13.5. The van der Waals surface area contributed by atoms with Crippen LogP contribution in [0.25, 0.3) is 16.0 Å². The fraction of sp³-hybridized carbons (Fsp3) is 0.207. The highest BCUT2D eigenvalue weighted by atomic mass is 32.1. The van der Waals surface area contributed by atoms with E-state index in [1.165, 1.54) is 16.2 Å². The number of ketones is 1. The van der Waals surface area contributed by atoms with Crippen LogP contribution in [0.2, 0.25) is 0 Å². The molecule has 5 rings (SSSR count). The van der Waals surface area contributed by atoms with Crippen molar-refractivity contribution < 1.29 is 19.4 Å². The molecule has 1 N–H and O–H groups in total. The smallest absolute Gasteiger partial charge is 0.301 e. The molecule has 0 spiro atoms. The van der Waals surface area contributed by atoms with Gasteiger partial charge in [0.2, 0.25) is 0 Å². The van der Waals surface area contributed by atoms with E-state index in [4.69, 9.17) is 9.72 Å². The molecule has 3 aromatic carbocycles. The molecule has 0 aliphatic carbocycles. The molecule has 1 aromatic heterocycles. The highest BCUT2D eigenvalue weighted by molar-refractivity contribution is 7.22. The second kappa shape index (κ2) is 8.91. The van der Waals surface area contributed by atoms with Crippen LogP contribution < -0.4 is 9.64 Å². The highest BCUT2D eigenvalue weighted by Crippen LogP contribution is 2.45. The molecule has 2 heterocycles. The van der Waals surface area contributed by atoms with E-state index in [0.717, 1.165) is 38.0 Å². The SMILES string of the molecule is COc1ccc(/C(O)=C2\C(=O)C(=O)N(c3nc4c(C)cc(C)cc4s3)C2c2ccc(C)cc2)cc1C. The predicted octanol–water partition coefficient (Wildman–Crippen LogP) is 6.16. The minimum absolute atomic E-state index is 0.0422. The number of aliphatic hydroxyl groups excluding tert-OH is 1. The number of amides is 1. The van der Waals surface area contributed by atoms with E-state index in [2.05, 4.69) is 0 Å². The van der Waals surface area contributed by atoms with Crippen LogP contribution in [0.5, 0.6) is 5.75 Å². The maximum atomic E-state index is 13.5. The summed E-state index contributed by atoms with van der Waals surface area (Å²) in [6.07, 6.45) is 0. The molecular formula is C29H26N2O4S. The molecule has 6 nitrogen and oxygen atoms in total. The lowest BCUT2D eigenvalue weighted by atomic mass is 9.94. The Kier molecular flexibility index (Phi) is 5.88. The second-order valence-electron chi connectivity index (χ2n) is 9.19. The van der Waals surface area contributed by atoms with Crippen LogP contribution in [0.4, 0.5) is 5.13 Å². The summed E-state index contributed by atoms with van der Waals surface area (Å²) < 4.78 is 6.28. The Morgan fingerprint density at radius 1 is 0.944 bits per heavy atom. The van der Waals surface area contributed by atoms with Crippen molar-refractivity contribution in [1.29, 1.82) is 0 Å². The van der Waals surface area contributed by atoms with Gasteiger partial charge in [0.05, 0.1) is 28.9 Å². The number of aryl methyl sites for hydroxylation is 4. The summed E-state index contributed by atoms with van der Waals surface area (Å²) in [6, 6.07) is 16.1. The molecule has 1 saturated heterocycles. The van der Waals surface area contributed by atoms with Crippen molar-refractivity contribution in [3.63, 3.8) is 0 Å². The number of fused-ring (bicyclic) bond motifs is 1. The molecule has 0 saturated carbocycles. The number of thiazole rings is 1. The van der Waals surface area contributed by atoms with Crippen molar-refractivity contribution in [2.45, 2.75) is 33.7 Å². The number of aliphatic hydroxyl groups is 1. The number of Topliss-reactive ketones (excluding diaryl/α,β-unsaturated/α-hetero) is 1. The van der Waals surface area contributed by atoms with Gasteiger partial charge in [0.25, 0.3) is 5.78 Å². The van der Waals surface area contributed by atoms with Crippen molar-refractivity contribution in [3.8, 4) is 5.75 Å². The van der Waals surface area contributed by atoms with E-state index >= 15 is 0 Å². The summed E-state index contributed by atoms with van der Waals surface area (Å²) in [6.45, 7) is 7.83. The minimum Gasteiger partial charge on any atom is -0.507 e. The van der Waals surface area contributed by atoms with Gasteiger partial charge in [0.15, 0.2) is 5.13 Å². The first-order chi connectivity index (χ1) is 17.2. The van der Waals surface area contributed by atoms with Gasteiger partial charge in [0, 0.05) is 5.56 Å². The van der Waals surface area contributed by atoms with Gasteiger partial charge in [-0.1, -0.05) is 47.2 Å². The fourth-order valence-electron chi connectivity index (χ4n) is 4.74. The van der Waals surface area contributed by atoms with Crippen LogP contribution in [0.3, 0.4) is 0 Å². The van der Waals surface area contributed by atoms with Crippen LogP contribution in [0.1, 0.15) is 39.4 Å². The van der Waals surface area contributed by atoms with Gasteiger partial charge in [-0.2, -0.15) is 0 Å². The molecule has 1 atom stereocenters. The van der Waals surface area contributed by atoms with Crippen LogP contribution in [0, 0.1) is 27.7 Å². The summed E-state index contributed by atoms with van der Waals surface area (Å²) in [5, 5.41) is 11.8. The Morgan fingerprint density at radius 3 is 2.33 bits per heavy atom. The summed E-state index contributed by atoms with van der Waals surface area (Å²) >= 11 is 1.37. The number of nitrogens with zero attached hydrogens (tertiary/aromatic N) is 2. The zero-order valence-electron chi connectivity index (χ0n) is 20.7. The average molecular weight is 499 g/mol. The maximum Gasteiger partial charge on any atom is 0.301 e. The van der Waals surface area contributed by atoms with Gasteiger partial charge in [-0.05, 0) is 74.2 Å². The number of carbonyl (C=O) groups excluding carboxylic acids is 2. The number of methoxy groups -OCH3 is 1. The van der Waals surface area contributed by atoms with E-state index in [1.54, 1.807) is 25.3 Å². The normalized spacial score (nSPS) is 17.2.